The lowest BCUT2D eigenvalue weighted by atomic mass is 9.86. The van der Waals surface area contributed by atoms with Crippen molar-refractivity contribution in [3.05, 3.63) is 0 Å². The molecule has 0 bridgehead atoms. The number of urea groups is 1. The molecule has 2 heterocycles. The van der Waals surface area contributed by atoms with Crippen molar-refractivity contribution in [2.75, 3.05) is 39.8 Å². The van der Waals surface area contributed by atoms with E-state index in [4.69, 9.17) is 0 Å². The molecule has 24 heavy (non-hydrogen) atoms. The van der Waals surface area contributed by atoms with Gasteiger partial charge in [0.15, 0.2) is 0 Å². The van der Waals surface area contributed by atoms with Crippen LogP contribution in [-0.2, 0) is 4.79 Å². The van der Waals surface area contributed by atoms with E-state index >= 15 is 0 Å². The van der Waals surface area contributed by atoms with E-state index in [9.17, 15) is 9.59 Å². The van der Waals surface area contributed by atoms with Crippen LogP contribution in [0.1, 0.15) is 51.4 Å². The maximum absolute atomic E-state index is 12.6. The van der Waals surface area contributed by atoms with Gasteiger partial charge in [0.05, 0.1) is 0 Å². The van der Waals surface area contributed by atoms with Crippen LogP contribution in [0.25, 0.3) is 0 Å². The van der Waals surface area contributed by atoms with Crippen molar-refractivity contribution in [1.82, 2.24) is 20.4 Å². The van der Waals surface area contributed by atoms with Crippen LogP contribution in [0, 0.1) is 5.92 Å². The highest BCUT2D eigenvalue weighted by Crippen LogP contribution is 2.30. The zero-order valence-electron chi connectivity index (χ0n) is 15.0. The molecule has 1 aliphatic carbocycles. The van der Waals surface area contributed by atoms with Crippen molar-refractivity contribution in [2.24, 2.45) is 5.92 Å². The van der Waals surface area contributed by atoms with E-state index in [-0.39, 0.29) is 17.5 Å². The molecule has 136 valence electrons. The zero-order chi connectivity index (χ0) is 17.0. The summed E-state index contributed by atoms with van der Waals surface area (Å²) in [7, 11) is 2.13. The van der Waals surface area contributed by atoms with Crippen LogP contribution in [0.5, 0.6) is 0 Å². The molecular formula is C18H32N4O2. The predicted molar refractivity (Wildman–Crippen MR) is 93.8 cm³/mol. The van der Waals surface area contributed by atoms with Gasteiger partial charge in [0, 0.05) is 44.7 Å². The summed E-state index contributed by atoms with van der Waals surface area (Å²) in [6, 6.07) is 0.0802. The lowest BCUT2D eigenvalue weighted by Crippen LogP contribution is -2.63. The van der Waals surface area contributed by atoms with Gasteiger partial charge in [0.2, 0.25) is 5.91 Å². The first-order valence-electron chi connectivity index (χ1n) is 9.60. The molecule has 0 aromatic heterocycles. The Bertz CT molecular complexity index is 464. The summed E-state index contributed by atoms with van der Waals surface area (Å²) in [4.78, 5) is 28.7. The first-order chi connectivity index (χ1) is 11.6. The minimum Gasteiger partial charge on any atom is -0.356 e. The fourth-order valence-corrected chi connectivity index (χ4v) is 4.51. The third-order valence-electron chi connectivity index (χ3n) is 6.28. The number of likely N-dealkylation sites (N-methyl/N-ethyl adjacent to an activating group) is 1. The number of hydrogen-bond acceptors (Lipinski definition) is 3. The highest BCUT2D eigenvalue weighted by atomic mass is 16.2. The topological polar surface area (TPSA) is 64.7 Å². The first-order valence-corrected chi connectivity index (χ1v) is 9.60. The Kier molecular flexibility index (Phi) is 5.64. The summed E-state index contributed by atoms with van der Waals surface area (Å²) in [6.07, 6.45) is 8.77. The Labute approximate surface area is 145 Å². The zero-order valence-corrected chi connectivity index (χ0v) is 15.0. The second-order valence-corrected chi connectivity index (χ2v) is 7.86. The molecule has 1 atom stereocenters. The molecule has 6 heteroatoms. The number of nitrogens with zero attached hydrogens (tertiary/aromatic N) is 2. The largest absolute Gasteiger partial charge is 0.356 e. The van der Waals surface area contributed by atoms with Crippen LogP contribution >= 0.6 is 0 Å². The number of hydrogen-bond donors (Lipinski definition) is 2. The van der Waals surface area contributed by atoms with Crippen molar-refractivity contribution in [3.8, 4) is 0 Å². The first kappa shape index (κ1) is 17.5. The Morgan fingerprint density at radius 3 is 2.83 bits per heavy atom. The normalized spacial score (nSPS) is 30.0. The average molecular weight is 336 g/mol. The number of carbonyl (C=O) groups excluding carboxylic acids is 2. The van der Waals surface area contributed by atoms with Crippen molar-refractivity contribution in [1.29, 1.82) is 0 Å². The molecule has 1 spiro atoms. The molecule has 3 fully saturated rings. The van der Waals surface area contributed by atoms with Crippen LogP contribution in [0.2, 0.25) is 0 Å². The Hall–Kier alpha value is -1.30. The Morgan fingerprint density at radius 1 is 1.25 bits per heavy atom. The standard InChI is InChI=1S/C18H32N4O2/c1-21-11-12-22(14-18(21)8-7-16(23)19-10-9-18)17(24)20-13-15-5-3-2-4-6-15/h15H,2-14H2,1H3,(H,19,23)(H,20,24)/t18-/m1/s1. The van der Waals surface area contributed by atoms with E-state index in [2.05, 4.69) is 22.6 Å². The molecule has 3 aliphatic rings. The number of amides is 3. The van der Waals surface area contributed by atoms with Gasteiger partial charge in [-0.05, 0) is 38.6 Å². The lowest BCUT2D eigenvalue weighted by molar-refractivity contribution is -0.121. The summed E-state index contributed by atoms with van der Waals surface area (Å²) in [5.41, 5.74) is -0.0560. The van der Waals surface area contributed by atoms with Crippen LogP contribution in [0.3, 0.4) is 0 Å². The summed E-state index contributed by atoms with van der Waals surface area (Å²) < 4.78 is 0. The molecule has 2 N–H and O–H groups in total. The maximum atomic E-state index is 12.6. The number of rotatable bonds is 2. The minimum absolute atomic E-state index is 0.0560. The highest BCUT2D eigenvalue weighted by Gasteiger charge is 2.42. The van der Waals surface area contributed by atoms with Crippen molar-refractivity contribution in [3.63, 3.8) is 0 Å². The number of carbonyl (C=O) groups is 2. The van der Waals surface area contributed by atoms with Crippen molar-refractivity contribution >= 4 is 11.9 Å². The third kappa shape index (κ3) is 4.02. The van der Waals surface area contributed by atoms with Crippen LogP contribution < -0.4 is 10.6 Å². The molecule has 6 nitrogen and oxygen atoms in total. The molecule has 2 aliphatic heterocycles. The summed E-state index contributed by atoms with van der Waals surface area (Å²) in [6.45, 7) is 3.91. The molecule has 3 rings (SSSR count). The smallest absolute Gasteiger partial charge is 0.317 e. The van der Waals surface area contributed by atoms with Gasteiger partial charge in [0.1, 0.15) is 0 Å². The van der Waals surface area contributed by atoms with Gasteiger partial charge in [0.25, 0.3) is 0 Å². The van der Waals surface area contributed by atoms with Gasteiger partial charge in [-0.2, -0.15) is 0 Å². The predicted octanol–water partition coefficient (Wildman–Crippen LogP) is 1.56. The molecule has 0 unspecified atom stereocenters. The molecule has 0 aromatic carbocycles. The van der Waals surface area contributed by atoms with Crippen LogP contribution in [-0.4, -0.2) is 67.0 Å². The fourth-order valence-electron chi connectivity index (χ4n) is 4.51. The summed E-state index contributed by atoms with van der Waals surface area (Å²) >= 11 is 0. The van der Waals surface area contributed by atoms with E-state index < -0.39 is 0 Å². The molecular weight excluding hydrogens is 304 g/mol. The van der Waals surface area contributed by atoms with Crippen molar-refractivity contribution < 1.29 is 9.59 Å². The Morgan fingerprint density at radius 2 is 2.04 bits per heavy atom. The SMILES string of the molecule is CN1CCN(C(=O)NCC2CCCCC2)C[C@@]12CCNC(=O)CC2. The van der Waals surface area contributed by atoms with Crippen LogP contribution in [0.4, 0.5) is 4.79 Å². The fraction of sp³-hybridized carbons (Fsp3) is 0.889. The monoisotopic (exact) mass is 336 g/mol. The molecule has 1 saturated carbocycles. The third-order valence-corrected chi connectivity index (χ3v) is 6.28. The van der Waals surface area contributed by atoms with Gasteiger partial charge in [-0.1, -0.05) is 19.3 Å². The maximum Gasteiger partial charge on any atom is 0.317 e. The summed E-state index contributed by atoms with van der Waals surface area (Å²) in [5, 5.41) is 6.13. The van der Waals surface area contributed by atoms with Gasteiger partial charge < -0.3 is 15.5 Å². The average Bonchev–Trinajstić information content (AvgIpc) is 2.79. The van der Waals surface area contributed by atoms with Gasteiger partial charge in [-0.15, -0.1) is 0 Å². The Balaban J connectivity index is 1.55. The van der Waals surface area contributed by atoms with Gasteiger partial charge in [-0.25, -0.2) is 4.79 Å². The molecule has 0 aromatic rings. The van der Waals surface area contributed by atoms with E-state index in [1.165, 1.54) is 32.1 Å². The van der Waals surface area contributed by atoms with Crippen LogP contribution in [0.15, 0.2) is 0 Å². The molecule has 0 radical (unpaired) electrons. The van der Waals surface area contributed by atoms with E-state index in [1.807, 2.05) is 4.90 Å². The second kappa shape index (κ2) is 7.72. The molecule has 2 saturated heterocycles. The van der Waals surface area contributed by atoms with E-state index in [0.29, 0.717) is 18.9 Å². The lowest BCUT2D eigenvalue weighted by Gasteiger charge is -2.49. The minimum atomic E-state index is -0.0560. The molecule has 3 amide bonds. The van der Waals surface area contributed by atoms with E-state index in [0.717, 1.165) is 39.0 Å². The highest BCUT2D eigenvalue weighted by molar-refractivity contribution is 5.76. The summed E-state index contributed by atoms with van der Waals surface area (Å²) in [5.74, 6) is 0.794. The number of piperazine rings is 1. The van der Waals surface area contributed by atoms with E-state index in [1.54, 1.807) is 0 Å². The quantitative estimate of drug-likeness (QED) is 0.804. The van der Waals surface area contributed by atoms with Gasteiger partial charge in [-0.3, -0.25) is 9.69 Å². The van der Waals surface area contributed by atoms with Crippen molar-refractivity contribution in [2.45, 2.75) is 56.9 Å². The second-order valence-electron chi connectivity index (χ2n) is 7.86. The number of nitrogens with one attached hydrogen (secondary N) is 2. The van der Waals surface area contributed by atoms with Gasteiger partial charge >= 0.3 is 6.03 Å².